The van der Waals surface area contributed by atoms with Crippen LogP contribution < -0.4 is 14.8 Å². The lowest BCUT2D eigenvalue weighted by atomic mass is 10.1. The number of hydrogen-bond acceptors (Lipinski definition) is 4. The van der Waals surface area contributed by atoms with E-state index in [1.165, 1.54) is 0 Å². The van der Waals surface area contributed by atoms with E-state index in [1.807, 2.05) is 67.6 Å². The van der Waals surface area contributed by atoms with Gasteiger partial charge in [0.2, 0.25) is 5.91 Å². The first-order valence-corrected chi connectivity index (χ1v) is 8.92. The number of aryl methyl sites for hydroxylation is 1. The van der Waals surface area contributed by atoms with Crippen LogP contribution in [0.4, 0.5) is 5.69 Å². The second-order valence-corrected chi connectivity index (χ2v) is 5.94. The number of nitrogens with zero attached hydrogens (tertiary/aromatic N) is 1. The number of nitrogens with one attached hydrogen (secondary N) is 1. The number of aromatic nitrogens is 1. The molecule has 0 aliphatic rings. The summed E-state index contributed by atoms with van der Waals surface area (Å²) in [7, 11) is 0. The van der Waals surface area contributed by atoms with Crippen LogP contribution >= 0.6 is 0 Å². The van der Waals surface area contributed by atoms with Crippen molar-refractivity contribution < 1.29 is 14.3 Å². The first kappa shape index (κ1) is 18.5. The van der Waals surface area contributed by atoms with Crippen LogP contribution in [0.15, 0.2) is 73.1 Å². The van der Waals surface area contributed by atoms with Crippen molar-refractivity contribution in [2.45, 2.75) is 19.8 Å². The smallest absolute Gasteiger partial charge is 0.224 e. The topological polar surface area (TPSA) is 60.5 Å². The molecule has 5 nitrogen and oxygen atoms in total. The molecule has 0 unspecified atom stereocenters. The predicted molar refractivity (Wildman–Crippen MR) is 105 cm³/mol. The van der Waals surface area contributed by atoms with Gasteiger partial charge < -0.3 is 14.8 Å². The summed E-state index contributed by atoms with van der Waals surface area (Å²) in [4.78, 5) is 16.2. The van der Waals surface area contributed by atoms with Crippen LogP contribution in [0.2, 0.25) is 0 Å². The van der Waals surface area contributed by atoms with Crippen LogP contribution in [0.25, 0.3) is 0 Å². The molecule has 2 aromatic carbocycles. The van der Waals surface area contributed by atoms with Crippen LogP contribution in [0.3, 0.4) is 0 Å². The van der Waals surface area contributed by atoms with E-state index in [9.17, 15) is 4.79 Å². The Morgan fingerprint density at radius 3 is 2.37 bits per heavy atom. The average molecular weight is 362 g/mol. The molecular weight excluding hydrogens is 340 g/mol. The number of amides is 1. The molecule has 1 heterocycles. The van der Waals surface area contributed by atoms with Crippen molar-refractivity contribution in [3.8, 4) is 17.2 Å². The highest BCUT2D eigenvalue weighted by molar-refractivity contribution is 5.90. The van der Waals surface area contributed by atoms with Crippen LogP contribution in [0.5, 0.6) is 17.2 Å². The van der Waals surface area contributed by atoms with Gasteiger partial charge in [-0.25, -0.2) is 0 Å². The van der Waals surface area contributed by atoms with E-state index >= 15 is 0 Å². The summed E-state index contributed by atoms with van der Waals surface area (Å²) >= 11 is 0. The fourth-order valence-electron chi connectivity index (χ4n) is 2.55. The molecule has 0 spiro atoms. The van der Waals surface area contributed by atoms with E-state index < -0.39 is 0 Å². The predicted octanol–water partition coefficient (Wildman–Crippen LogP) is 4.84. The third-order valence-electron chi connectivity index (χ3n) is 3.88. The molecule has 1 amide bonds. The van der Waals surface area contributed by atoms with Crippen molar-refractivity contribution in [2.24, 2.45) is 0 Å². The van der Waals surface area contributed by atoms with E-state index in [2.05, 4.69) is 10.3 Å². The molecule has 1 N–H and O–H groups in total. The zero-order chi connectivity index (χ0) is 18.9. The van der Waals surface area contributed by atoms with Crippen molar-refractivity contribution in [1.29, 1.82) is 0 Å². The fourth-order valence-corrected chi connectivity index (χ4v) is 2.55. The van der Waals surface area contributed by atoms with Crippen LogP contribution in [-0.2, 0) is 11.2 Å². The molecular formula is C22H22N2O3. The molecule has 0 saturated carbocycles. The third kappa shape index (κ3) is 5.85. The quantitative estimate of drug-likeness (QED) is 0.623. The molecule has 0 aliphatic heterocycles. The van der Waals surface area contributed by atoms with Gasteiger partial charge in [-0.1, -0.05) is 12.1 Å². The maximum absolute atomic E-state index is 12.2. The lowest BCUT2D eigenvalue weighted by Crippen LogP contribution is -2.12. The number of anilines is 1. The Kier molecular flexibility index (Phi) is 6.41. The SMILES string of the molecule is CCOc1ccc(CCC(=O)Nc2ccc(Oc3cccnc3)cc2)cc1. The molecule has 3 aromatic rings. The number of pyridine rings is 1. The van der Waals surface area contributed by atoms with Gasteiger partial charge in [-0.05, 0) is 67.4 Å². The minimum atomic E-state index is -0.0233. The van der Waals surface area contributed by atoms with Gasteiger partial charge in [-0.3, -0.25) is 9.78 Å². The van der Waals surface area contributed by atoms with E-state index in [-0.39, 0.29) is 5.91 Å². The zero-order valence-electron chi connectivity index (χ0n) is 15.2. The van der Waals surface area contributed by atoms with Crippen LogP contribution in [0.1, 0.15) is 18.9 Å². The molecule has 0 radical (unpaired) electrons. The van der Waals surface area contributed by atoms with E-state index in [0.29, 0.717) is 30.9 Å². The summed E-state index contributed by atoms with van der Waals surface area (Å²) in [5.41, 5.74) is 1.85. The summed E-state index contributed by atoms with van der Waals surface area (Å²) in [6.07, 6.45) is 4.44. The van der Waals surface area contributed by atoms with Crippen LogP contribution in [-0.4, -0.2) is 17.5 Å². The number of rotatable bonds is 8. The van der Waals surface area contributed by atoms with Gasteiger partial charge in [-0.15, -0.1) is 0 Å². The normalized spacial score (nSPS) is 10.3. The monoisotopic (exact) mass is 362 g/mol. The van der Waals surface area contributed by atoms with Gasteiger partial charge in [0.25, 0.3) is 0 Å². The number of benzene rings is 2. The Morgan fingerprint density at radius 2 is 1.70 bits per heavy atom. The van der Waals surface area contributed by atoms with Crippen LogP contribution in [0, 0.1) is 0 Å². The molecule has 138 valence electrons. The molecule has 0 saturated heterocycles. The lowest BCUT2D eigenvalue weighted by molar-refractivity contribution is -0.116. The van der Waals surface area contributed by atoms with E-state index in [0.717, 1.165) is 17.0 Å². The Hall–Kier alpha value is -3.34. The molecule has 27 heavy (non-hydrogen) atoms. The van der Waals surface area contributed by atoms with Gasteiger partial charge in [-0.2, -0.15) is 0 Å². The first-order valence-electron chi connectivity index (χ1n) is 8.92. The van der Waals surface area contributed by atoms with E-state index in [1.54, 1.807) is 12.4 Å². The Labute approximate surface area is 159 Å². The molecule has 5 heteroatoms. The molecule has 0 fully saturated rings. The van der Waals surface area contributed by atoms with Crippen molar-refractivity contribution in [3.63, 3.8) is 0 Å². The van der Waals surface area contributed by atoms with Crippen molar-refractivity contribution in [1.82, 2.24) is 4.98 Å². The van der Waals surface area contributed by atoms with Crippen molar-refractivity contribution in [3.05, 3.63) is 78.6 Å². The summed E-state index contributed by atoms with van der Waals surface area (Å²) < 4.78 is 11.1. The molecule has 0 atom stereocenters. The summed E-state index contributed by atoms with van der Waals surface area (Å²) in [5, 5.41) is 2.90. The molecule has 0 aliphatic carbocycles. The maximum Gasteiger partial charge on any atom is 0.224 e. The summed E-state index contributed by atoms with van der Waals surface area (Å²) in [6.45, 7) is 2.60. The second kappa shape index (κ2) is 9.38. The van der Waals surface area contributed by atoms with Crippen molar-refractivity contribution >= 4 is 11.6 Å². The second-order valence-electron chi connectivity index (χ2n) is 5.94. The number of ether oxygens (including phenoxy) is 2. The fraction of sp³-hybridized carbons (Fsp3) is 0.182. The summed E-state index contributed by atoms with van der Waals surface area (Å²) in [6, 6.07) is 18.8. The largest absolute Gasteiger partial charge is 0.494 e. The number of carbonyl (C=O) groups is 1. The lowest BCUT2D eigenvalue weighted by Gasteiger charge is -2.08. The standard InChI is InChI=1S/C22H22N2O3/c1-2-26-19-10-5-17(6-11-19)7-14-22(25)24-18-8-12-20(13-9-18)27-21-4-3-15-23-16-21/h3-6,8-13,15-16H,2,7,14H2,1H3,(H,24,25). The van der Waals surface area contributed by atoms with Gasteiger partial charge in [0.05, 0.1) is 12.8 Å². The Balaban J connectivity index is 1.47. The van der Waals surface area contributed by atoms with Gasteiger partial charge >= 0.3 is 0 Å². The Bertz CT molecular complexity index is 847. The molecule has 3 rings (SSSR count). The Morgan fingerprint density at radius 1 is 0.963 bits per heavy atom. The highest BCUT2D eigenvalue weighted by Crippen LogP contribution is 2.22. The number of hydrogen-bond donors (Lipinski definition) is 1. The minimum Gasteiger partial charge on any atom is -0.494 e. The van der Waals surface area contributed by atoms with Gasteiger partial charge in [0.1, 0.15) is 17.2 Å². The average Bonchev–Trinajstić information content (AvgIpc) is 2.70. The van der Waals surface area contributed by atoms with Gasteiger partial charge in [0, 0.05) is 18.3 Å². The molecule has 1 aromatic heterocycles. The number of carbonyl (C=O) groups excluding carboxylic acids is 1. The van der Waals surface area contributed by atoms with Crippen molar-refractivity contribution in [2.75, 3.05) is 11.9 Å². The minimum absolute atomic E-state index is 0.0233. The zero-order valence-corrected chi connectivity index (χ0v) is 15.2. The highest BCUT2D eigenvalue weighted by atomic mass is 16.5. The highest BCUT2D eigenvalue weighted by Gasteiger charge is 2.05. The first-order chi connectivity index (χ1) is 13.2. The maximum atomic E-state index is 12.2. The summed E-state index contributed by atoms with van der Waals surface area (Å²) in [5.74, 6) is 2.18. The van der Waals surface area contributed by atoms with Gasteiger partial charge in [0.15, 0.2) is 0 Å². The van der Waals surface area contributed by atoms with E-state index in [4.69, 9.17) is 9.47 Å². The third-order valence-corrected chi connectivity index (χ3v) is 3.88. The molecule has 0 bridgehead atoms.